The van der Waals surface area contributed by atoms with Crippen molar-refractivity contribution >= 4 is 27.9 Å². The number of methoxy groups -OCH3 is 1. The fourth-order valence-electron chi connectivity index (χ4n) is 3.02. The highest BCUT2D eigenvalue weighted by atomic mass is 32.1. The molecule has 1 aliphatic heterocycles. The molecule has 0 spiro atoms. The Hall–Kier alpha value is -1.27. The van der Waals surface area contributed by atoms with Gasteiger partial charge in [0.2, 0.25) is 0 Å². The molecular formula is C14H21N3O2S. The molecule has 5 nitrogen and oxygen atoms in total. The standard InChI is InChI=1S/C14H21N3O2S/c1-19-7-8-4-5-17(6-8)14-10(9-2-3-9)11(15)12(20-14)13(16)18/h8-9H,2-7,15H2,1H3,(H2,16,18). The first-order valence-corrected chi connectivity index (χ1v) is 7.89. The van der Waals surface area contributed by atoms with Gasteiger partial charge in [-0.25, -0.2) is 0 Å². The maximum absolute atomic E-state index is 11.5. The van der Waals surface area contributed by atoms with Crippen molar-refractivity contribution < 1.29 is 9.53 Å². The molecule has 1 amide bonds. The summed E-state index contributed by atoms with van der Waals surface area (Å²) in [6, 6.07) is 0. The van der Waals surface area contributed by atoms with Crippen molar-refractivity contribution in [3.8, 4) is 0 Å². The van der Waals surface area contributed by atoms with Crippen molar-refractivity contribution in [3.63, 3.8) is 0 Å². The highest BCUT2D eigenvalue weighted by Gasteiger charge is 2.36. The van der Waals surface area contributed by atoms with Crippen molar-refractivity contribution in [1.29, 1.82) is 0 Å². The molecule has 6 heteroatoms. The lowest BCUT2D eigenvalue weighted by atomic mass is 10.1. The minimum absolute atomic E-state index is 0.409. The molecule has 1 aromatic heterocycles. The molecule has 4 N–H and O–H groups in total. The largest absolute Gasteiger partial charge is 0.397 e. The predicted molar refractivity (Wildman–Crippen MR) is 81.4 cm³/mol. The molecule has 110 valence electrons. The lowest BCUT2D eigenvalue weighted by Crippen LogP contribution is -2.21. The lowest BCUT2D eigenvalue weighted by molar-refractivity contribution is 0.100. The van der Waals surface area contributed by atoms with Crippen LogP contribution in [0.25, 0.3) is 0 Å². The van der Waals surface area contributed by atoms with Crippen LogP contribution in [0.3, 0.4) is 0 Å². The molecule has 1 aromatic rings. The van der Waals surface area contributed by atoms with Gasteiger partial charge in [0, 0.05) is 31.7 Å². The summed E-state index contributed by atoms with van der Waals surface area (Å²) in [4.78, 5) is 14.4. The predicted octanol–water partition coefficient (Wildman–Crippen LogP) is 1.78. The van der Waals surface area contributed by atoms with Gasteiger partial charge in [-0.2, -0.15) is 0 Å². The summed E-state index contributed by atoms with van der Waals surface area (Å²) >= 11 is 1.47. The zero-order chi connectivity index (χ0) is 14.3. The first kappa shape index (κ1) is 13.7. The molecule has 1 atom stereocenters. The van der Waals surface area contributed by atoms with Crippen LogP contribution in [-0.2, 0) is 4.74 Å². The van der Waals surface area contributed by atoms with Gasteiger partial charge in [-0.1, -0.05) is 0 Å². The molecule has 2 heterocycles. The lowest BCUT2D eigenvalue weighted by Gasteiger charge is -2.18. The van der Waals surface area contributed by atoms with Gasteiger partial charge in [-0.05, 0) is 25.2 Å². The Morgan fingerprint density at radius 1 is 1.45 bits per heavy atom. The third-order valence-corrected chi connectivity index (χ3v) is 5.45. The van der Waals surface area contributed by atoms with E-state index in [4.69, 9.17) is 16.2 Å². The van der Waals surface area contributed by atoms with E-state index in [0.29, 0.717) is 22.4 Å². The number of nitrogen functional groups attached to an aromatic ring is 1. The van der Waals surface area contributed by atoms with Gasteiger partial charge in [-0.3, -0.25) is 4.79 Å². The smallest absolute Gasteiger partial charge is 0.260 e. The summed E-state index contributed by atoms with van der Waals surface area (Å²) in [6.07, 6.45) is 3.46. The first-order chi connectivity index (χ1) is 9.61. The summed E-state index contributed by atoms with van der Waals surface area (Å²) < 4.78 is 5.25. The van der Waals surface area contributed by atoms with Crippen molar-refractivity contribution in [3.05, 3.63) is 10.4 Å². The molecule has 1 unspecified atom stereocenters. The highest BCUT2D eigenvalue weighted by molar-refractivity contribution is 7.18. The Balaban J connectivity index is 1.89. The van der Waals surface area contributed by atoms with Crippen LogP contribution in [0.4, 0.5) is 10.7 Å². The number of rotatable bonds is 5. The maximum atomic E-state index is 11.5. The van der Waals surface area contributed by atoms with Crippen LogP contribution in [0.15, 0.2) is 0 Å². The molecule has 1 saturated carbocycles. The molecule has 0 radical (unpaired) electrons. The topological polar surface area (TPSA) is 81.6 Å². The number of anilines is 2. The van der Waals surface area contributed by atoms with E-state index in [9.17, 15) is 4.79 Å². The monoisotopic (exact) mass is 295 g/mol. The number of nitrogens with zero attached hydrogens (tertiary/aromatic N) is 1. The number of nitrogens with two attached hydrogens (primary N) is 2. The van der Waals surface area contributed by atoms with Crippen LogP contribution in [-0.4, -0.2) is 32.7 Å². The molecule has 3 rings (SSSR count). The molecule has 2 fully saturated rings. The second-order valence-corrected chi connectivity index (χ2v) is 6.76. The Bertz CT molecular complexity index is 525. The Labute approximate surface area is 122 Å². The Morgan fingerprint density at radius 2 is 2.20 bits per heavy atom. The number of hydrogen-bond donors (Lipinski definition) is 2. The van der Waals surface area contributed by atoms with Gasteiger partial charge in [0.25, 0.3) is 5.91 Å². The van der Waals surface area contributed by atoms with Crippen molar-refractivity contribution in [2.24, 2.45) is 11.7 Å². The van der Waals surface area contributed by atoms with Gasteiger partial charge in [-0.15, -0.1) is 11.3 Å². The van der Waals surface area contributed by atoms with Crippen LogP contribution in [0, 0.1) is 5.92 Å². The number of amides is 1. The number of carbonyl (C=O) groups is 1. The van der Waals surface area contributed by atoms with E-state index in [1.54, 1.807) is 7.11 Å². The first-order valence-electron chi connectivity index (χ1n) is 7.07. The molecular weight excluding hydrogens is 274 g/mol. The fourth-order valence-corrected chi connectivity index (χ4v) is 4.21. The summed E-state index contributed by atoms with van der Waals surface area (Å²) in [5.74, 6) is 0.677. The second kappa shape index (κ2) is 5.26. The average molecular weight is 295 g/mol. The molecule has 0 bridgehead atoms. The number of hydrogen-bond acceptors (Lipinski definition) is 5. The van der Waals surface area contributed by atoms with Crippen LogP contribution in [0.1, 0.15) is 40.4 Å². The van der Waals surface area contributed by atoms with E-state index in [0.717, 1.165) is 31.1 Å². The van der Waals surface area contributed by atoms with Gasteiger partial charge < -0.3 is 21.1 Å². The summed E-state index contributed by atoms with van der Waals surface area (Å²) in [6.45, 7) is 2.77. The average Bonchev–Trinajstić information content (AvgIpc) is 3.02. The quantitative estimate of drug-likeness (QED) is 0.867. The second-order valence-electron chi connectivity index (χ2n) is 5.76. The van der Waals surface area contributed by atoms with E-state index in [1.807, 2.05) is 0 Å². The Kier molecular flexibility index (Phi) is 3.60. The number of carbonyl (C=O) groups excluding carboxylic acids is 1. The van der Waals surface area contributed by atoms with Gasteiger partial charge in [0.05, 0.1) is 17.3 Å². The minimum atomic E-state index is -0.409. The van der Waals surface area contributed by atoms with E-state index >= 15 is 0 Å². The highest BCUT2D eigenvalue weighted by Crippen LogP contribution is 2.52. The van der Waals surface area contributed by atoms with E-state index in [2.05, 4.69) is 4.90 Å². The van der Waals surface area contributed by atoms with E-state index in [-0.39, 0.29) is 0 Å². The van der Waals surface area contributed by atoms with E-state index < -0.39 is 5.91 Å². The molecule has 20 heavy (non-hydrogen) atoms. The maximum Gasteiger partial charge on any atom is 0.260 e. The van der Waals surface area contributed by atoms with Crippen molar-refractivity contribution in [2.75, 3.05) is 37.4 Å². The van der Waals surface area contributed by atoms with Gasteiger partial charge in [0.15, 0.2) is 0 Å². The minimum Gasteiger partial charge on any atom is -0.397 e. The Morgan fingerprint density at radius 3 is 2.80 bits per heavy atom. The normalized spacial score (nSPS) is 22.4. The molecule has 1 aliphatic carbocycles. The van der Waals surface area contributed by atoms with Gasteiger partial charge in [0.1, 0.15) is 4.88 Å². The van der Waals surface area contributed by atoms with Crippen LogP contribution in [0.5, 0.6) is 0 Å². The summed E-state index contributed by atoms with van der Waals surface area (Å²) in [5, 5.41) is 1.16. The fraction of sp³-hybridized carbons (Fsp3) is 0.643. The number of thiophene rings is 1. The third kappa shape index (κ3) is 2.38. The van der Waals surface area contributed by atoms with Crippen molar-refractivity contribution in [2.45, 2.75) is 25.2 Å². The molecule has 2 aliphatic rings. The number of primary amides is 1. The number of ether oxygens (including phenoxy) is 1. The van der Waals surface area contributed by atoms with Gasteiger partial charge >= 0.3 is 0 Å². The van der Waals surface area contributed by atoms with Crippen LogP contribution < -0.4 is 16.4 Å². The molecule has 1 saturated heterocycles. The summed E-state index contributed by atoms with van der Waals surface area (Å²) in [5.41, 5.74) is 13.4. The van der Waals surface area contributed by atoms with E-state index in [1.165, 1.54) is 29.7 Å². The third-order valence-electron chi connectivity index (χ3n) is 4.15. The van der Waals surface area contributed by atoms with Crippen molar-refractivity contribution in [1.82, 2.24) is 0 Å². The molecule has 0 aromatic carbocycles. The van der Waals surface area contributed by atoms with Crippen LogP contribution in [0.2, 0.25) is 0 Å². The van der Waals surface area contributed by atoms with Crippen LogP contribution >= 0.6 is 11.3 Å². The zero-order valence-electron chi connectivity index (χ0n) is 11.7. The summed E-state index contributed by atoms with van der Waals surface area (Å²) in [7, 11) is 1.74. The zero-order valence-corrected chi connectivity index (χ0v) is 12.5. The SMILES string of the molecule is COCC1CCN(c2sc(C(N)=O)c(N)c2C2CC2)C1.